The summed E-state index contributed by atoms with van der Waals surface area (Å²) >= 11 is 0. The van der Waals surface area contributed by atoms with Crippen LogP contribution in [0.2, 0.25) is 0 Å². The van der Waals surface area contributed by atoms with Crippen LogP contribution in [0.3, 0.4) is 0 Å². The van der Waals surface area contributed by atoms with E-state index in [4.69, 9.17) is 10.8 Å². The first-order valence-electron chi connectivity index (χ1n) is 5.07. The molecular formula is C12H9N3O2. The Kier molecular flexibility index (Phi) is 1.82. The van der Waals surface area contributed by atoms with Gasteiger partial charge in [-0.3, -0.25) is 0 Å². The summed E-state index contributed by atoms with van der Waals surface area (Å²) < 4.78 is 0. The maximum absolute atomic E-state index is 11.0. The molecule has 3 rings (SSSR count). The van der Waals surface area contributed by atoms with Crippen LogP contribution < -0.4 is 5.73 Å². The number of rotatable bonds is 1. The van der Waals surface area contributed by atoms with Gasteiger partial charge in [-0.15, -0.1) is 0 Å². The maximum atomic E-state index is 11.0. The van der Waals surface area contributed by atoms with E-state index in [1.165, 1.54) is 0 Å². The third-order valence-corrected chi connectivity index (χ3v) is 2.75. The SMILES string of the molecule is Nc1nc2[nH]c3ccccc3c2cc1C(=O)O. The average molecular weight is 227 g/mol. The number of carboxylic acid groups (broad SMARTS) is 1. The number of anilines is 1. The fourth-order valence-electron chi connectivity index (χ4n) is 1.95. The van der Waals surface area contributed by atoms with Gasteiger partial charge in [-0.2, -0.15) is 0 Å². The molecule has 4 N–H and O–H groups in total. The minimum Gasteiger partial charge on any atom is -0.478 e. The number of nitrogens with zero attached hydrogens (tertiary/aromatic N) is 1. The number of pyridine rings is 1. The number of para-hydroxylation sites is 1. The van der Waals surface area contributed by atoms with Crippen LogP contribution in [-0.2, 0) is 0 Å². The topological polar surface area (TPSA) is 92.0 Å². The van der Waals surface area contributed by atoms with Gasteiger partial charge >= 0.3 is 5.97 Å². The third-order valence-electron chi connectivity index (χ3n) is 2.75. The maximum Gasteiger partial charge on any atom is 0.339 e. The molecule has 3 aromatic rings. The predicted octanol–water partition coefficient (Wildman–Crippen LogP) is 2.00. The lowest BCUT2D eigenvalue weighted by Crippen LogP contribution is -2.04. The van der Waals surface area contributed by atoms with Gasteiger partial charge < -0.3 is 15.8 Å². The van der Waals surface area contributed by atoms with E-state index in [-0.39, 0.29) is 11.4 Å². The van der Waals surface area contributed by atoms with E-state index in [2.05, 4.69) is 9.97 Å². The molecule has 0 fully saturated rings. The molecule has 2 aromatic heterocycles. The van der Waals surface area contributed by atoms with E-state index < -0.39 is 5.97 Å². The molecule has 84 valence electrons. The highest BCUT2D eigenvalue weighted by molar-refractivity contribution is 6.09. The van der Waals surface area contributed by atoms with Crippen molar-refractivity contribution in [3.05, 3.63) is 35.9 Å². The van der Waals surface area contributed by atoms with Crippen molar-refractivity contribution in [1.82, 2.24) is 9.97 Å². The minimum absolute atomic E-state index is 0.0246. The van der Waals surface area contributed by atoms with Gasteiger partial charge in [0.05, 0.1) is 0 Å². The highest BCUT2D eigenvalue weighted by atomic mass is 16.4. The van der Waals surface area contributed by atoms with E-state index in [0.29, 0.717) is 5.65 Å². The number of carbonyl (C=O) groups is 1. The van der Waals surface area contributed by atoms with E-state index in [1.54, 1.807) is 6.07 Å². The Morgan fingerprint density at radius 3 is 2.82 bits per heavy atom. The fourth-order valence-corrected chi connectivity index (χ4v) is 1.95. The van der Waals surface area contributed by atoms with E-state index in [0.717, 1.165) is 16.3 Å². The van der Waals surface area contributed by atoms with E-state index in [1.807, 2.05) is 24.3 Å². The van der Waals surface area contributed by atoms with Crippen LogP contribution >= 0.6 is 0 Å². The third kappa shape index (κ3) is 1.32. The molecule has 0 saturated heterocycles. The number of hydrogen-bond acceptors (Lipinski definition) is 3. The summed E-state index contributed by atoms with van der Waals surface area (Å²) in [4.78, 5) is 18.2. The molecule has 0 amide bonds. The number of carboxylic acids is 1. The second kappa shape index (κ2) is 3.21. The van der Waals surface area contributed by atoms with Crippen molar-refractivity contribution in [3.8, 4) is 0 Å². The van der Waals surface area contributed by atoms with E-state index in [9.17, 15) is 4.79 Å². The van der Waals surface area contributed by atoms with Crippen molar-refractivity contribution in [2.75, 3.05) is 5.73 Å². The number of aromatic nitrogens is 2. The number of aromatic amines is 1. The zero-order valence-electron chi connectivity index (χ0n) is 8.77. The van der Waals surface area contributed by atoms with Gasteiger partial charge in [0, 0.05) is 16.3 Å². The molecule has 0 unspecified atom stereocenters. The highest BCUT2D eigenvalue weighted by Gasteiger charge is 2.13. The van der Waals surface area contributed by atoms with Crippen LogP contribution in [0.15, 0.2) is 30.3 Å². The monoisotopic (exact) mass is 227 g/mol. The summed E-state index contributed by atoms with van der Waals surface area (Å²) in [5, 5.41) is 10.7. The second-order valence-corrected chi connectivity index (χ2v) is 3.79. The van der Waals surface area contributed by atoms with Gasteiger partial charge in [0.15, 0.2) is 0 Å². The van der Waals surface area contributed by atoms with Gasteiger partial charge in [-0.05, 0) is 12.1 Å². The largest absolute Gasteiger partial charge is 0.478 e. The first kappa shape index (κ1) is 9.65. The predicted molar refractivity (Wildman–Crippen MR) is 65.0 cm³/mol. The fraction of sp³-hybridized carbons (Fsp3) is 0. The molecule has 0 aliphatic carbocycles. The summed E-state index contributed by atoms with van der Waals surface area (Å²) in [6.45, 7) is 0. The van der Waals surface area contributed by atoms with Crippen molar-refractivity contribution >= 4 is 33.7 Å². The van der Waals surface area contributed by atoms with Gasteiger partial charge in [0.25, 0.3) is 0 Å². The molecule has 0 aliphatic rings. The number of nitrogen functional groups attached to an aromatic ring is 1. The molecule has 0 atom stereocenters. The van der Waals surface area contributed by atoms with Crippen LogP contribution in [0.4, 0.5) is 5.82 Å². The summed E-state index contributed by atoms with van der Waals surface area (Å²) in [7, 11) is 0. The van der Waals surface area contributed by atoms with Crippen molar-refractivity contribution < 1.29 is 9.90 Å². The standard InChI is InChI=1S/C12H9N3O2/c13-10-8(12(16)17)5-7-6-3-1-2-4-9(6)14-11(7)15-10/h1-5H,(H,16,17)(H3,13,14,15). The molecule has 0 bridgehead atoms. The molecule has 5 nitrogen and oxygen atoms in total. The molecule has 1 aromatic carbocycles. The van der Waals surface area contributed by atoms with Crippen LogP contribution in [-0.4, -0.2) is 21.0 Å². The lowest BCUT2D eigenvalue weighted by molar-refractivity contribution is 0.0698. The van der Waals surface area contributed by atoms with Crippen molar-refractivity contribution in [2.45, 2.75) is 0 Å². The van der Waals surface area contributed by atoms with Crippen LogP contribution in [0.25, 0.3) is 21.9 Å². The lowest BCUT2D eigenvalue weighted by Gasteiger charge is -1.99. The lowest BCUT2D eigenvalue weighted by atomic mass is 10.1. The molecule has 5 heteroatoms. The number of nitrogens with one attached hydrogen (secondary N) is 1. The highest BCUT2D eigenvalue weighted by Crippen LogP contribution is 2.26. The quantitative estimate of drug-likeness (QED) is 0.592. The molecule has 0 saturated carbocycles. The van der Waals surface area contributed by atoms with Crippen molar-refractivity contribution in [3.63, 3.8) is 0 Å². The Morgan fingerprint density at radius 2 is 2.06 bits per heavy atom. The number of H-pyrrole nitrogens is 1. The first-order valence-corrected chi connectivity index (χ1v) is 5.07. The molecule has 2 heterocycles. The summed E-state index contributed by atoms with van der Waals surface area (Å²) in [6.07, 6.45) is 0. The normalized spacial score (nSPS) is 11.1. The molecule has 0 radical (unpaired) electrons. The molecule has 0 aliphatic heterocycles. The van der Waals surface area contributed by atoms with Gasteiger partial charge in [0.2, 0.25) is 0 Å². The number of hydrogen-bond donors (Lipinski definition) is 3. The Labute approximate surface area is 95.9 Å². The number of aromatic carboxylic acids is 1. The van der Waals surface area contributed by atoms with Gasteiger partial charge in [0.1, 0.15) is 17.0 Å². The van der Waals surface area contributed by atoms with Crippen LogP contribution in [0.5, 0.6) is 0 Å². The Morgan fingerprint density at radius 1 is 1.29 bits per heavy atom. The van der Waals surface area contributed by atoms with Crippen LogP contribution in [0.1, 0.15) is 10.4 Å². The van der Waals surface area contributed by atoms with Crippen molar-refractivity contribution in [1.29, 1.82) is 0 Å². The number of fused-ring (bicyclic) bond motifs is 3. The first-order chi connectivity index (χ1) is 8.16. The zero-order valence-corrected chi connectivity index (χ0v) is 8.77. The van der Waals surface area contributed by atoms with E-state index >= 15 is 0 Å². The molecule has 0 spiro atoms. The second-order valence-electron chi connectivity index (χ2n) is 3.79. The number of benzene rings is 1. The molecule has 17 heavy (non-hydrogen) atoms. The summed E-state index contributed by atoms with van der Waals surface area (Å²) in [5.74, 6) is -1.04. The smallest absolute Gasteiger partial charge is 0.339 e. The minimum atomic E-state index is -1.07. The number of nitrogens with two attached hydrogens (primary N) is 1. The summed E-state index contributed by atoms with van der Waals surface area (Å²) in [5.41, 5.74) is 7.15. The van der Waals surface area contributed by atoms with Crippen LogP contribution in [0, 0.1) is 0 Å². The molecular weight excluding hydrogens is 218 g/mol. The Bertz CT molecular complexity index is 746. The average Bonchev–Trinajstić information content (AvgIpc) is 2.64. The zero-order chi connectivity index (χ0) is 12.0. The van der Waals surface area contributed by atoms with Crippen molar-refractivity contribution in [2.24, 2.45) is 0 Å². The van der Waals surface area contributed by atoms with Gasteiger partial charge in [-0.25, -0.2) is 9.78 Å². The van der Waals surface area contributed by atoms with Gasteiger partial charge in [-0.1, -0.05) is 18.2 Å². The Balaban J connectivity index is 2.47. The Hall–Kier alpha value is -2.56. The summed E-state index contributed by atoms with van der Waals surface area (Å²) in [6, 6.07) is 9.18.